The van der Waals surface area contributed by atoms with Crippen molar-refractivity contribution in [2.75, 3.05) is 46.6 Å². The molecular weight excluding hydrogens is 428 g/mol. The highest BCUT2D eigenvalue weighted by molar-refractivity contribution is 6.30. The predicted molar refractivity (Wildman–Crippen MR) is 127 cm³/mol. The molecule has 2 aromatic carbocycles. The summed E-state index contributed by atoms with van der Waals surface area (Å²) in [4.78, 5) is 14.8. The van der Waals surface area contributed by atoms with Gasteiger partial charge in [0, 0.05) is 30.7 Å². The van der Waals surface area contributed by atoms with Crippen molar-refractivity contribution >= 4 is 23.6 Å². The quantitative estimate of drug-likeness (QED) is 0.430. The summed E-state index contributed by atoms with van der Waals surface area (Å²) < 4.78 is 16.4. The van der Waals surface area contributed by atoms with E-state index in [1.165, 1.54) is 6.08 Å². The highest BCUT2D eigenvalue weighted by Crippen LogP contribution is 2.28. The third-order valence-electron chi connectivity index (χ3n) is 5.18. The maximum Gasteiger partial charge on any atom is 0.244 e. The van der Waals surface area contributed by atoms with Crippen LogP contribution in [0.3, 0.4) is 0 Å². The van der Waals surface area contributed by atoms with Crippen LogP contribution in [-0.2, 0) is 9.53 Å². The van der Waals surface area contributed by atoms with Gasteiger partial charge >= 0.3 is 0 Å². The Bertz CT molecular complexity index is 924. The fourth-order valence-corrected chi connectivity index (χ4v) is 3.64. The van der Waals surface area contributed by atoms with E-state index in [9.17, 15) is 4.79 Å². The van der Waals surface area contributed by atoms with E-state index in [0.717, 1.165) is 24.2 Å². The van der Waals surface area contributed by atoms with Crippen LogP contribution in [0.5, 0.6) is 11.5 Å². The van der Waals surface area contributed by atoms with Crippen LogP contribution in [0.1, 0.15) is 17.2 Å². The van der Waals surface area contributed by atoms with Crippen molar-refractivity contribution < 1.29 is 19.0 Å². The zero-order chi connectivity index (χ0) is 22.8. The molecule has 170 valence electrons. The number of nitrogens with zero attached hydrogens (tertiary/aromatic N) is 1. The smallest absolute Gasteiger partial charge is 0.244 e. The van der Waals surface area contributed by atoms with Gasteiger partial charge < -0.3 is 19.5 Å². The number of nitrogens with one attached hydrogen (secondary N) is 1. The molecule has 0 saturated carbocycles. The zero-order valence-electron chi connectivity index (χ0n) is 18.3. The van der Waals surface area contributed by atoms with E-state index >= 15 is 0 Å². The van der Waals surface area contributed by atoms with Crippen molar-refractivity contribution in [3.8, 4) is 11.5 Å². The molecule has 1 aliphatic heterocycles. The fourth-order valence-electron chi connectivity index (χ4n) is 3.52. The average molecular weight is 457 g/mol. The van der Waals surface area contributed by atoms with Crippen molar-refractivity contribution in [1.29, 1.82) is 0 Å². The number of ether oxygens (including phenoxy) is 3. The Morgan fingerprint density at radius 2 is 1.97 bits per heavy atom. The molecule has 1 N–H and O–H groups in total. The highest BCUT2D eigenvalue weighted by atomic mass is 35.5. The SMILES string of the molecule is C=CCOc1ccc(C=CC(=O)NCC(c2ccc(Cl)cc2)N2CCOCC2)cc1OC. The first-order valence-corrected chi connectivity index (χ1v) is 10.9. The minimum Gasteiger partial charge on any atom is -0.493 e. The van der Waals surface area contributed by atoms with Gasteiger partial charge in [0.05, 0.1) is 26.4 Å². The number of halogens is 1. The van der Waals surface area contributed by atoms with Crippen LogP contribution in [0.15, 0.2) is 61.2 Å². The maximum absolute atomic E-state index is 12.5. The molecule has 1 fully saturated rings. The third kappa shape index (κ3) is 6.85. The van der Waals surface area contributed by atoms with Gasteiger partial charge in [-0.1, -0.05) is 42.5 Å². The Hall–Kier alpha value is -2.80. The first kappa shape index (κ1) is 23.9. The Morgan fingerprint density at radius 1 is 1.22 bits per heavy atom. The standard InChI is InChI=1S/C25H29ClN2O4/c1-3-14-32-23-10-4-19(17-24(23)30-2)5-11-25(29)27-18-22(28-12-15-31-16-13-28)20-6-8-21(26)9-7-20/h3-11,17,22H,1,12-16,18H2,2H3,(H,27,29). The van der Waals surface area contributed by atoms with Crippen LogP contribution in [0.4, 0.5) is 0 Å². The molecule has 1 aliphatic rings. The number of hydrogen-bond donors (Lipinski definition) is 1. The molecule has 0 bridgehead atoms. The van der Waals surface area contributed by atoms with E-state index in [2.05, 4.69) is 16.8 Å². The Balaban J connectivity index is 1.63. The van der Waals surface area contributed by atoms with Crippen LogP contribution >= 0.6 is 11.6 Å². The second-order valence-corrected chi connectivity index (χ2v) is 7.74. The van der Waals surface area contributed by atoms with E-state index < -0.39 is 0 Å². The minimum atomic E-state index is -0.164. The molecule has 0 aromatic heterocycles. The Labute approximate surface area is 194 Å². The van der Waals surface area contributed by atoms with Gasteiger partial charge in [-0.25, -0.2) is 0 Å². The number of carbonyl (C=O) groups is 1. The molecule has 0 aliphatic carbocycles. The Morgan fingerprint density at radius 3 is 2.66 bits per heavy atom. The third-order valence-corrected chi connectivity index (χ3v) is 5.43. The van der Waals surface area contributed by atoms with Gasteiger partial charge in [-0.15, -0.1) is 0 Å². The van der Waals surface area contributed by atoms with E-state index in [1.54, 1.807) is 19.3 Å². The van der Waals surface area contributed by atoms with Crippen LogP contribution < -0.4 is 14.8 Å². The topological polar surface area (TPSA) is 60.0 Å². The summed E-state index contributed by atoms with van der Waals surface area (Å²) in [7, 11) is 1.58. The number of benzene rings is 2. The minimum absolute atomic E-state index is 0.0508. The van der Waals surface area contributed by atoms with Crippen LogP contribution in [0, 0.1) is 0 Å². The number of methoxy groups -OCH3 is 1. The normalized spacial score (nSPS) is 15.3. The summed E-state index contributed by atoms with van der Waals surface area (Å²) in [5, 5.41) is 3.72. The molecule has 0 radical (unpaired) electrons. The van der Waals surface area contributed by atoms with Gasteiger partial charge in [0.25, 0.3) is 0 Å². The first-order chi connectivity index (χ1) is 15.6. The summed E-state index contributed by atoms with van der Waals surface area (Å²) in [5.74, 6) is 1.07. The molecule has 1 amide bonds. The largest absolute Gasteiger partial charge is 0.493 e. The zero-order valence-corrected chi connectivity index (χ0v) is 19.0. The number of carbonyl (C=O) groups excluding carboxylic acids is 1. The lowest BCUT2D eigenvalue weighted by Crippen LogP contribution is -2.43. The molecule has 1 saturated heterocycles. The highest BCUT2D eigenvalue weighted by Gasteiger charge is 2.23. The van der Waals surface area contributed by atoms with E-state index in [-0.39, 0.29) is 11.9 Å². The lowest BCUT2D eigenvalue weighted by molar-refractivity contribution is -0.116. The molecule has 6 nitrogen and oxygen atoms in total. The monoisotopic (exact) mass is 456 g/mol. The van der Waals surface area contributed by atoms with E-state index in [4.69, 9.17) is 25.8 Å². The molecule has 32 heavy (non-hydrogen) atoms. The van der Waals surface area contributed by atoms with Crippen LogP contribution in [0.2, 0.25) is 5.02 Å². The predicted octanol–water partition coefficient (Wildman–Crippen LogP) is 4.12. The maximum atomic E-state index is 12.5. The fraction of sp³-hybridized carbons (Fsp3) is 0.320. The molecule has 1 unspecified atom stereocenters. The second-order valence-electron chi connectivity index (χ2n) is 7.30. The van der Waals surface area contributed by atoms with Crippen LogP contribution in [0.25, 0.3) is 6.08 Å². The molecule has 1 atom stereocenters. The van der Waals surface area contributed by atoms with Gasteiger partial charge in [-0.2, -0.15) is 0 Å². The lowest BCUT2D eigenvalue weighted by Gasteiger charge is -2.34. The summed E-state index contributed by atoms with van der Waals surface area (Å²) in [5.41, 5.74) is 1.95. The molecule has 2 aromatic rings. The van der Waals surface area contributed by atoms with Gasteiger partial charge in [0.1, 0.15) is 6.61 Å². The molecule has 7 heteroatoms. The summed E-state index contributed by atoms with van der Waals surface area (Å²) in [6.45, 7) is 7.54. The van der Waals surface area contributed by atoms with E-state index in [1.807, 2.05) is 42.5 Å². The summed E-state index contributed by atoms with van der Waals surface area (Å²) in [6, 6.07) is 13.3. The Kier molecular flexibility index (Phi) is 9.16. The van der Waals surface area contributed by atoms with Crippen LogP contribution in [-0.4, -0.2) is 57.4 Å². The number of hydrogen-bond acceptors (Lipinski definition) is 5. The second kappa shape index (κ2) is 12.3. The van der Waals surface area contributed by atoms with E-state index in [0.29, 0.717) is 42.9 Å². The van der Waals surface area contributed by atoms with Gasteiger partial charge in [-0.3, -0.25) is 9.69 Å². The molecular formula is C25H29ClN2O4. The van der Waals surface area contributed by atoms with Crippen molar-refractivity contribution in [2.45, 2.75) is 6.04 Å². The summed E-state index contributed by atoms with van der Waals surface area (Å²) >= 11 is 6.05. The lowest BCUT2D eigenvalue weighted by atomic mass is 10.0. The molecule has 3 rings (SSSR count). The van der Waals surface area contributed by atoms with Crippen molar-refractivity contribution in [3.63, 3.8) is 0 Å². The number of morpholine rings is 1. The molecule has 0 spiro atoms. The van der Waals surface area contributed by atoms with Gasteiger partial charge in [-0.05, 0) is 41.5 Å². The summed E-state index contributed by atoms with van der Waals surface area (Å²) in [6.07, 6.45) is 4.95. The van der Waals surface area contributed by atoms with Gasteiger partial charge in [0.15, 0.2) is 11.5 Å². The van der Waals surface area contributed by atoms with Gasteiger partial charge in [0.2, 0.25) is 5.91 Å². The van der Waals surface area contributed by atoms with Crippen molar-refractivity contribution in [1.82, 2.24) is 10.2 Å². The van der Waals surface area contributed by atoms with Crippen molar-refractivity contribution in [3.05, 3.63) is 77.3 Å². The number of amides is 1. The van der Waals surface area contributed by atoms with Crippen molar-refractivity contribution in [2.24, 2.45) is 0 Å². The first-order valence-electron chi connectivity index (χ1n) is 10.6. The number of rotatable bonds is 10. The average Bonchev–Trinajstić information content (AvgIpc) is 2.83. The molecule has 1 heterocycles.